The molecule has 0 unspecified atom stereocenters. The minimum absolute atomic E-state index is 0.221. The molecular formula is C13H18Br2N2O3S. The number of ether oxygens (including phenoxy) is 1. The zero-order valence-electron chi connectivity index (χ0n) is 11.4. The highest BCUT2D eigenvalue weighted by Gasteiger charge is 2.18. The van der Waals surface area contributed by atoms with Crippen molar-refractivity contribution in [3.8, 4) is 0 Å². The van der Waals surface area contributed by atoms with Crippen LogP contribution in [0, 0.1) is 0 Å². The van der Waals surface area contributed by atoms with E-state index >= 15 is 0 Å². The van der Waals surface area contributed by atoms with Gasteiger partial charge in [0.05, 0.1) is 17.6 Å². The average molecular weight is 442 g/mol. The molecular weight excluding hydrogens is 424 g/mol. The van der Waals surface area contributed by atoms with E-state index in [-0.39, 0.29) is 17.5 Å². The quantitative estimate of drug-likeness (QED) is 0.664. The van der Waals surface area contributed by atoms with E-state index in [0.717, 1.165) is 30.4 Å². The van der Waals surface area contributed by atoms with Crippen LogP contribution in [0.15, 0.2) is 32.0 Å². The maximum Gasteiger partial charge on any atom is 0.241 e. The molecule has 1 fully saturated rings. The third-order valence-corrected chi connectivity index (χ3v) is 6.16. The first-order valence-corrected chi connectivity index (χ1v) is 9.83. The smallest absolute Gasteiger partial charge is 0.241 e. The molecule has 1 aromatic carbocycles. The molecule has 2 N–H and O–H groups in total. The molecule has 0 aromatic heterocycles. The van der Waals surface area contributed by atoms with E-state index in [1.807, 2.05) is 0 Å². The Morgan fingerprint density at radius 3 is 2.71 bits per heavy atom. The van der Waals surface area contributed by atoms with Gasteiger partial charge >= 0.3 is 0 Å². The Balaban J connectivity index is 1.85. The van der Waals surface area contributed by atoms with Crippen LogP contribution in [0.3, 0.4) is 0 Å². The fraction of sp³-hybridized carbons (Fsp3) is 0.538. The van der Waals surface area contributed by atoms with Gasteiger partial charge in [-0.25, -0.2) is 13.1 Å². The molecule has 2 rings (SSSR count). The highest BCUT2D eigenvalue weighted by molar-refractivity contribution is 9.11. The Kier molecular flexibility index (Phi) is 6.64. The number of rotatable bonds is 6. The van der Waals surface area contributed by atoms with Crippen molar-refractivity contribution in [2.75, 3.05) is 26.2 Å². The maximum atomic E-state index is 12.2. The summed E-state index contributed by atoms with van der Waals surface area (Å²) in [6.07, 6.45) is 2.18. The van der Waals surface area contributed by atoms with Crippen LogP contribution in [0.2, 0.25) is 0 Å². The summed E-state index contributed by atoms with van der Waals surface area (Å²) >= 11 is 6.54. The van der Waals surface area contributed by atoms with Gasteiger partial charge in [0, 0.05) is 15.5 Å². The van der Waals surface area contributed by atoms with Gasteiger partial charge < -0.3 is 10.1 Å². The molecule has 0 amide bonds. The summed E-state index contributed by atoms with van der Waals surface area (Å²) in [6.45, 7) is 2.57. The van der Waals surface area contributed by atoms with Gasteiger partial charge in [-0.15, -0.1) is 0 Å². The Labute approximate surface area is 142 Å². The summed E-state index contributed by atoms with van der Waals surface area (Å²) in [5.41, 5.74) is 0. The lowest BCUT2D eigenvalue weighted by molar-refractivity contribution is 0.0367. The van der Waals surface area contributed by atoms with Crippen molar-refractivity contribution in [3.05, 3.63) is 27.1 Å². The fourth-order valence-corrected chi connectivity index (χ4v) is 4.64. The predicted molar refractivity (Wildman–Crippen MR) is 88.9 cm³/mol. The first-order valence-electron chi connectivity index (χ1n) is 6.76. The summed E-state index contributed by atoms with van der Waals surface area (Å²) in [7, 11) is -3.54. The van der Waals surface area contributed by atoms with Gasteiger partial charge in [0.1, 0.15) is 0 Å². The first kappa shape index (κ1) is 17.4. The largest absolute Gasteiger partial charge is 0.377 e. The molecule has 118 valence electrons. The van der Waals surface area contributed by atoms with Crippen LogP contribution in [0.25, 0.3) is 0 Å². The lowest BCUT2D eigenvalue weighted by atomic mass is 10.1. The molecule has 0 aliphatic carbocycles. The fourth-order valence-electron chi connectivity index (χ4n) is 2.12. The topological polar surface area (TPSA) is 67.4 Å². The standard InChI is InChI=1S/C13H18Br2N2O3S/c14-10-1-2-12(15)13(9-10)21(18,19)17-7-8-20-11-3-5-16-6-4-11/h1-2,9,11,16-17H,3-8H2. The van der Waals surface area contributed by atoms with Crippen LogP contribution in [0.5, 0.6) is 0 Å². The SMILES string of the molecule is O=S(=O)(NCCOC1CCNCC1)c1cc(Br)ccc1Br. The monoisotopic (exact) mass is 440 g/mol. The van der Waals surface area contributed by atoms with E-state index in [9.17, 15) is 8.42 Å². The second kappa shape index (κ2) is 8.03. The van der Waals surface area contributed by atoms with Crippen LogP contribution in [0.1, 0.15) is 12.8 Å². The van der Waals surface area contributed by atoms with Crippen molar-refractivity contribution in [1.29, 1.82) is 0 Å². The predicted octanol–water partition coefficient (Wildman–Crippen LogP) is 2.26. The van der Waals surface area contributed by atoms with E-state index < -0.39 is 10.0 Å². The number of hydrogen-bond acceptors (Lipinski definition) is 4. The second-order valence-electron chi connectivity index (χ2n) is 4.79. The average Bonchev–Trinajstić information content (AvgIpc) is 2.47. The number of halogens is 2. The van der Waals surface area contributed by atoms with Gasteiger partial charge in [0.25, 0.3) is 0 Å². The molecule has 0 radical (unpaired) electrons. The lowest BCUT2D eigenvalue weighted by Gasteiger charge is -2.22. The van der Waals surface area contributed by atoms with Crippen LogP contribution < -0.4 is 10.0 Å². The summed E-state index contributed by atoms with van der Waals surface area (Å²) < 4.78 is 34.0. The Morgan fingerprint density at radius 1 is 1.29 bits per heavy atom. The summed E-state index contributed by atoms with van der Waals surface area (Å²) in [5, 5.41) is 3.26. The third kappa shape index (κ3) is 5.30. The Hall–Kier alpha value is 0.01000. The van der Waals surface area contributed by atoms with Crippen LogP contribution in [-0.2, 0) is 14.8 Å². The van der Waals surface area contributed by atoms with Crippen LogP contribution in [0.4, 0.5) is 0 Å². The molecule has 1 saturated heterocycles. The summed E-state index contributed by atoms with van der Waals surface area (Å²) in [4.78, 5) is 0.221. The van der Waals surface area contributed by atoms with Gasteiger partial charge in [0.15, 0.2) is 0 Å². The Morgan fingerprint density at radius 2 is 2.00 bits per heavy atom. The number of hydrogen-bond donors (Lipinski definition) is 2. The molecule has 0 saturated carbocycles. The molecule has 1 aliphatic heterocycles. The second-order valence-corrected chi connectivity index (χ2v) is 8.30. The molecule has 8 heteroatoms. The third-order valence-electron chi connectivity index (χ3n) is 3.22. The Bertz CT molecular complexity index is 575. The molecule has 0 spiro atoms. The first-order chi connectivity index (χ1) is 9.99. The minimum Gasteiger partial charge on any atom is -0.377 e. The van der Waals surface area contributed by atoms with E-state index in [1.54, 1.807) is 18.2 Å². The van der Waals surface area contributed by atoms with Gasteiger partial charge in [-0.2, -0.15) is 0 Å². The van der Waals surface area contributed by atoms with E-state index in [0.29, 0.717) is 11.1 Å². The number of nitrogens with one attached hydrogen (secondary N) is 2. The molecule has 0 atom stereocenters. The van der Waals surface area contributed by atoms with E-state index in [2.05, 4.69) is 41.9 Å². The van der Waals surface area contributed by atoms with Gasteiger partial charge in [0.2, 0.25) is 10.0 Å². The molecule has 1 aromatic rings. The molecule has 0 bridgehead atoms. The van der Waals surface area contributed by atoms with Crippen molar-refractivity contribution in [1.82, 2.24) is 10.0 Å². The summed E-state index contributed by atoms with van der Waals surface area (Å²) in [5.74, 6) is 0. The lowest BCUT2D eigenvalue weighted by Crippen LogP contribution is -2.34. The van der Waals surface area contributed by atoms with Gasteiger partial charge in [-0.3, -0.25) is 0 Å². The zero-order chi connectivity index (χ0) is 15.3. The van der Waals surface area contributed by atoms with Crippen molar-refractivity contribution in [2.45, 2.75) is 23.8 Å². The normalized spacial score (nSPS) is 17.0. The van der Waals surface area contributed by atoms with Crippen LogP contribution in [-0.4, -0.2) is 40.8 Å². The van der Waals surface area contributed by atoms with Crippen molar-refractivity contribution < 1.29 is 13.2 Å². The van der Waals surface area contributed by atoms with Crippen molar-refractivity contribution >= 4 is 41.9 Å². The van der Waals surface area contributed by atoms with Gasteiger partial charge in [-0.1, -0.05) is 15.9 Å². The highest BCUT2D eigenvalue weighted by atomic mass is 79.9. The van der Waals surface area contributed by atoms with E-state index in [4.69, 9.17) is 4.74 Å². The molecule has 5 nitrogen and oxygen atoms in total. The van der Waals surface area contributed by atoms with Crippen LogP contribution >= 0.6 is 31.9 Å². The maximum absolute atomic E-state index is 12.2. The van der Waals surface area contributed by atoms with E-state index in [1.165, 1.54) is 0 Å². The summed E-state index contributed by atoms with van der Waals surface area (Å²) in [6, 6.07) is 5.05. The minimum atomic E-state index is -3.54. The number of piperidine rings is 1. The highest BCUT2D eigenvalue weighted by Crippen LogP contribution is 2.25. The van der Waals surface area contributed by atoms with Crippen molar-refractivity contribution in [2.24, 2.45) is 0 Å². The van der Waals surface area contributed by atoms with Gasteiger partial charge in [-0.05, 0) is 60.1 Å². The number of benzene rings is 1. The molecule has 21 heavy (non-hydrogen) atoms. The van der Waals surface area contributed by atoms with Crippen molar-refractivity contribution in [3.63, 3.8) is 0 Å². The molecule has 1 heterocycles. The molecule has 1 aliphatic rings. The zero-order valence-corrected chi connectivity index (χ0v) is 15.4. The number of sulfonamides is 1.